The molecule has 6 atom stereocenters. The lowest BCUT2D eigenvalue weighted by atomic mass is 9.85. The van der Waals surface area contributed by atoms with E-state index in [2.05, 4.69) is 16.0 Å². The number of amides is 5. The van der Waals surface area contributed by atoms with Crippen LogP contribution in [0.5, 0.6) is 0 Å². The summed E-state index contributed by atoms with van der Waals surface area (Å²) in [4.78, 5) is 80.4. The molecule has 3 aliphatic rings. The lowest BCUT2D eigenvalue weighted by Crippen LogP contribution is -2.62. The summed E-state index contributed by atoms with van der Waals surface area (Å²) in [7, 11) is 0. The first-order valence-corrected chi connectivity index (χ1v) is 16.0. The summed E-state index contributed by atoms with van der Waals surface area (Å²) >= 11 is 0. The Morgan fingerprint density at radius 1 is 0.978 bits per heavy atom. The molecule has 1 saturated heterocycles. The van der Waals surface area contributed by atoms with E-state index in [0.717, 1.165) is 18.4 Å². The molecule has 11 heteroatoms. The van der Waals surface area contributed by atoms with Crippen molar-refractivity contribution in [3.8, 4) is 0 Å². The molecule has 4 rings (SSSR count). The van der Waals surface area contributed by atoms with Crippen LogP contribution in [0.1, 0.15) is 73.3 Å². The zero-order chi connectivity index (χ0) is 33.4. The Labute approximate surface area is 265 Å². The van der Waals surface area contributed by atoms with Crippen molar-refractivity contribution in [3.63, 3.8) is 0 Å². The van der Waals surface area contributed by atoms with Crippen molar-refractivity contribution in [2.75, 3.05) is 6.54 Å². The molecular weight excluding hydrogens is 574 g/mol. The smallest absolute Gasteiger partial charge is 0.316 e. The van der Waals surface area contributed by atoms with Crippen LogP contribution < -0.4 is 21.7 Å². The number of nitrogens with two attached hydrogens (primary N) is 1. The van der Waals surface area contributed by atoms with Gasteiger partial charge in [-0.25, -0.2) is 4.79 Å². The summed E-state index contributed by atoms with van der Waals surface area (Å²) in [6.45, 7) is 13.6. The molecule has 0 radical (unpaired) electrons. The van der Waals surface area contributed by atoms with Crippen LogP contribution in [0.2, 0.25) is 0 Å². The molecule has 11 nitrogen and oxygen atoms in total. The summed E-state index contributed by atoms with van der Waals surface area (Å²) in [5.74, 6) is -3.02. The van der Waals surface area contributed by atoms with E-state index in [0.29, 0.717) is 13.0 Å². The number of likely N-dealkylation sites (tertiary alicyclic amines) is 1. The minimum absolute atomic E-state index is 0.0706. The molecule has 1 aliphatic heterocycles. The zero-order valence-electron chi connectivity index (χ0n) is 27.5. The van der Waals surface area contributed by atoms with Gasteiger partial charge in [0.2, 0.25) is 17.6 Å². The minimum Gasteiger partial charge on any atom is -0.363 e. The van der Waals surface area contributed by atoms with Crippen molar-refractivity contribution in [1.29, 1.82) is 0 Å². The fourth-order valence-electron chi connectivity index (χ4n) is 6.81. The van der Waals surface area contributed by atoms with Crippen LogP contribution in [-0.4, -0.2) is 70.9 Å². The van der Waals surface area contributed by atoms with E-state index in [4.69, 9.17) is 5.73 Å². The van der Waals surface area contributed by atoms with Crippen LogP contribution in [0.25, 0.3) is 0 Å². The maximum atomic E-state index is 14.2. The van der Waals surface area contributed by atoms with Crippen molar-refractivity contribution < 1.29 is 28.8 Å². The van der Waals surface area contributed by atoms with Crippen LogP contribution in [0.4, 0.5) is 4.79 Å². The average molecular weight is 624 g/mol. The highest BCUT2D eigenvalue weighted by molar-refractivity contribution is 6.37. The summed E-state index contributed by atoms with van der Waals surface area (Å²) in [6, 6.07) is 4.95. The van der Waals surface area contributed by atoms with Gasteiger partial charge in [-0.3, -0.25) is 24.0 Å². The van der Waals surface area contributed by atoms with E-state index >= 15 is 0 Å². The van der Waals surface area contributed by atoms with Gasteiger partial charge >= 0.3 is 6.03 Å². The molecule has 1 heterocycles. The molecule has 0 aromatic heterocycles. The molecule has 5 N–H and O–H groups in total. The number of hydrogen-bond donors (Lipinski definition) is 4. The molecule has 3 fully saturated rings. The van der Waals surface area contributed by atoms with Crippen LogP contribution in [0, 0.1) is 34.5 Å². The molecule has 0 spiro atoms. The van der Waals surface area contributed by atoms with E-state index in [-0.39, 0.29) is 41.3 Å². The number of nitrogens with one attached hydrogen (secondary N) is 3. The Morgan fingerprint density at radius 2 is 1.60 bits per heavy atom. The third kappa shape index (κ3) is 7.73. The normalized spacial score (nSPS) is 23.7. The van der Waals surface area contributed by atoms with Gasteiger partial charge in [0.25, 0.3) is 5.91 Å². The monoisotopic (exact) mass is 623 g/mol. The Morgan fingerprint density at radius 3 is 2.13 bits per heavy atom. The van der Waals surface area contributed by atoms with Crippen LogP contribution in [-0.2, 0) is 30.4 Å². The fraction of sp³-hybridized carbons (Fsp3) is 0.647. The minimum atomic E-state index is -1.10. The van der Waals surface area contributed by atoms with E-state index in [1.54, 1.807) is 0 Å². The van der Waals surface area contributed by atoms with E-state index < -0.39 is 59.1 Å². The van der Waals surface area contributed by atoms with Gasteiger partial charge in [0.15, 0.2) is 5.78 Å². The van der Waals surface area contributed by atoms with Crippen molar-refractivity contribution in [3.05, 3.63) is 35.9 Å². The number of hydrogen-bond acceptors (Lipinski definition) is 6. The van der Waals surface area contributed by atoms with Crippen LogP contribution in [0.15, 0.2) is 30.3 Å². The van der Waals surface area contributed by atoms with Gasteiger partial charge in [0.1, 0.15) is 12.1 Å². The Hall–Kier alpha value is -3.76. The first-order valence-electron chi connectivity index (χ1n) is 16.0. The first kappa shape index (κ1) is 34.1. The molecule has 1 aromatic rings. The number of Topliss-reactive ketones (excluding diaryl/α,β-unsaturated/α-hetero) is 2. The summed E-state index contributed by atoms with van der Waals surface area (Å²) in [5.41, 5.74) is 5.20. The highest BCUT2D eigenvalue weighted by atomic mass is 16.2. The number of primary amides is 1. The topological polar surface area (TPSA) is 168 Å². The highest BCUT2D eigenvalue weighted by Gasteiger charge is 2.70. The second-order valence-electron chi connectivity index (χ2n) is 15.1. The highest BCUT2D eigenvalue weighted by Crippen LogP contribution is 2.65. The zero-order valence-corrected chi connectivity index (χ0v) is 27.5. The van der Waals surface area contributed by atoms with Gasteiger partial charge in [-0.15, -0.1) is 0 Å². The first-order chi connectivity index (χ1) is 20.9. The van der Waals surface area contributed by atoms with Crippen molar-refractivity contribution in [1.82, 2.24) is 20.9 Å². The Bertz CT molecular complexity index is 1330. The maximum absolute atomic E-state index is 14.2. The average Bonchev–Trinajstić information content (AvgIpc) is 3.80. The molecule has 1 aromatic carbocycles. The lowest BCUT2D eigenvalue weighted by molar-refractivity contribution is -0.145. The quantitative estimate of drug-likeness (QED) is 0.246. The molecule has 5 amide bonds. The second-order valence-corrected chi connectivity index (χ2v) is 15.1. The van der Waals surface area contributed by atoms with Crippen LogP contribution in [0.3, 0.4) is 0 Å². The molecule has 3 unspecified atom stereocenters. The summed E-state index contributed by atoms with van der Waals surface area (Å²) < 4.78 is 0. The standard InChI is InChI=1S/C34H49N5O6/c1-18(2)25(23(40)16-19-11-9-8-10-12-19)37-32(45)38-28(33(3,4)5)31(44)39-17-21-24(34(21,6)7)26(39)30(43)36-22(15-20-13-14-20)27(41)29(35)42/h8-12,18,20-22,24-26,28H,13-17H2,1-7H3,(H2,35,42)(H,36,43)(H2,37,38,45)/t21?,22?,24?,25-,26-,28+/m0/s1. The van der Waals surface area contributed by atoms with Crippen molar-refractivity contribution in [2.45, 2.75) is 98.3 Å². The molecule has 2 aliphatic carbocycles. The largest absolute Gasteiger partial charge is 0.363 e. The number of fused-ring (bicyclic) bond motifs is 1. The van der Waals surface area contributed by atoms with Crippen LogP contribution >= 0.6 is 0 Å². The predicted octanol–water partition coefficient (Wildman–Crippen LogP) is 2.36. The van der Waals surface area contributed by atoms with Gasteiger partial charge in [-0.05, 0) is 46.5 Å². The second kappa shape index (κ2) is 12.9. The van der Waals surface area contributed by atoms with Crippen molar-refractivity contribution >= 4 is 35.3 Å². The number of piperidine rings is 1. The number of rotatable bonds is 13. The van der Waals surface area contributed by atoms with Gasteiger partial charge in [-0.2, -0.15) is 0 Å². The predicted molar refractivity (Wildman–Crippen MR) is 168 cm³/mol. The Kier molecular flexibility index (Phi) is 9.80. The van der Waals surface area contributed by atoms with Gasteiger partial charge < -0.3 is 26.6 Å². The van der Waals surface area contributed by atoms with Gasteiger partial charge in [0.05, 0.1) is 12.1 Å². The number of urea groups is 1. The van der Waals surface area contributed by atoms with E-state index in [9.17, 15) is 28.8 Å². The number of carbonyl (C=O) groups is 6. The third-order valence-corrected chi connectivity index (χ3v) is 9.81. The molecule has 246 valence electrons. The summed E-state index contributed by atoms with van der Waals surface area (Å²) in [6.07, 6.45) is 2.33. The Balaban J connectivity index is 1.50. The third-order valence-electron chi connectivity index (χ3n) is 9.81. The SMILES string of the molecule is CC(C)[C@H](NC(=O)N[C@H](C(=O)N1CC2C([C@H]1C(=O)NC(CC1CC1)C(=O)C(N)=O)C2(C)C)C(C)(C)C)C(=O)Cc1ccccc1. The van der Waals surface area contributed by atoms with E-state index in [1.165, 1.54) is 4.90 Å². The van der Waals surface area contributed by atoms with Gasteiger partial charge in [-0.1, -0.05) is 91.6 Å². The summed E-state index contributed by atoms with van der Waals surface area (Å²) in [5, 5.41) is 8.37. The number of nitrogens with zero attached hydrogens (tertiary/aromatic N) is 1. The maximum Gasteiger partial charge on any atom is 0.316 e. The molecule has 0 bridgehead atoms. The fourth-order valence-corrected chi connectivity index (χ4v) is 6.81. The molecule has 45 heavy (non-hydrogen) atoms. The molecular formula is C34H49N5O6. The van der Waals surface area contributed by atoms with Gasteiger partial charge in [0, 0.05) is 13.0 Å². The lowest BCUT2D eigenvalue weighted by Gasteiger charge is -2.38. The van der Waals surface area contributed by atoms with Crippen molar-refractivity contribution in [2.24, 2.45) is 40.2 Å². The molecule has 2 saturated carbocycles. The number of benzene rings is 1. The number of ketones is 2. The number of carbonyl (C=O) groups excluding carboxylic acids is 6. The van der Waals surface area contributed by atoms with E-state index in [1.807, 2.05) is 78.8 Å².